The molecule has 1 amide bonds. The summed E-state index contributed by atoms with van der Waals surface area (Å²) in [6, 6.07) is 17.5. The summed E-state index contributed by atoms with van der Waals surface area (Å²) in [5.41, 5.74) is 5.17. The van der Waals surface area contributed by atoms with Gasteiger partial charge >= 0.3 is 0 Å². The summed E-state index contributed by atoms with van der Waals surface area (Å²) < 4.78 is 12.8. The molecule has 0 bridgehead atoms. The van der Waals surface area contributed by atoms with E-state index in [1.165, 1.54) is 0 Å². The van der Waals surface area contributed by atoms with Gasteiger partial charge < -0.3 is 19.4 Å². The highest BCUT2D eigenvalue weighted by Crippen LogP contribution is 2.32. The third-order valence-electron chi connectivity index (χ3n) is 5.31. The van der Waals surface area contributed by atoms with Gasteiger partial charge in [0, 0.05) is 25.2 Å². The molecular weight excluding hydrogens is 378 g/mol. The number of hydrogen-bond donors (Lipinski definition) is 1. The highest BCUT2D eigenvalue weighted by Gasteiger charge is 2.17. The fourth-order valence-electron chi connectivity index (χ4n) is 3.71. The van der Waals surface area contributed by atoms with E-state index in [2.05, 4.69) is 5.32 Å². The van der Waals surface area contributed by atoms with Crippen LogP contribution in [0.5, 0.6) is 11.5 Å². The van der Waals surface area contributed by atoms with Gasteiger partial charge in [-0.15, -0.1) is 0 Å². The van der Waals surface area contributed by atoms with E-state index in [1.54, 1.807) is 0 Å². The molecule has 0 spiro atoms. The lowest BCUT2D eigenvalue weighted by molar-refractivity contribution is 0.0952. The minimum atomic E-state index is -0.138. The summed E-state index contributed by atoms with van der Waals surface area (Å²) in [7, 11) is 1.97. The van der Waals surface area contributed by atoms with E-state index in [4.69, 9.17) is 14.5 Å². The number of rotatable bonds is 4. The van der Waals surface area contributed by atoms with E-state index >= 15 is 0 Å². The molecule has 1 aliphatic rings. The largest absolute Gasteiger partial charge is 0.454 e. The summed E-state index contributed by atoms with van der Waals surface area (Å²) in [6.45, 7) is 2.64. The second kappa shape index (κ2) is 7.22. The number of aryl methyl sites for hydroxylation is 2. The van der Waals surface area contributed by atoms with Crippen LogP contribution in [0.15, 0.2) is 60.8 Å². The Morgan fingerprint density at radius 2 is 1.97 bits per heavy atom. The number of pyridine rings is 1. The van der Waals surface area contributed by atoms with Crippen molar-refractivity contribution in [3.05, 3.63) is 77.5 Å². The van der Waals surface area contributed by atoms with Gasteiger partial charge in [-0.25, -0.2) is 4.98 Å². The first kappa shape index (κ1) is 18.2. The molecule has 0 saturated heterocycles. The predicted molar refractivity (Wildman–Crippen MR) is 115 cm³/mol. The Hall–Kier alpha value is -3.80. The standard InChI is InChI=1S/C24H21N3O3/c1-15-5-7-19-17(10-15)18(12-20(26-19)21-4-3-9-27(21)2)24(28)25-13-16-6-8-22-23(11-16)30-14-29-22/h3-12H,13-14H2,1-2H3,(H,25,28). The Morgan fingerprint density at radius 3 is 2.80 bits per heavy atom. The first-order chi connectivity index (χ1) is 14.6. The zero-order valence-corrected chi connectivity index (χ0v) is 16.8. The number of nitrogens with zero attached hydrogens (tertiary/aromatic N) is 2. The molecule has 6 heteroatoms. The predicted octanol–water partition coefficient (Wildman–Crippen LogP) is 4.21. The number of amides is 1. The Balaban J connectivity index is 1.49. The molecular formula is C24H21N3O3. The quantitative estimate of drug-likeness (QED) is 0.558. The number of benzene rings is 2. The fourth-order valence-corrected chi connectivity index (χ4v) is 3.71. The molecule has 4 aromatic rings. The third kappa shape index (κ3) is 3.26. The van der Waals surface area contributed by atoms with Crippen molar-refractivity contribution in [2.24, 2.45) is 7.05 Å². The maximum absolute atomic E-state index is 13.2. The second-order valence-corrected chi connectivity index (χ2v) is 7.45. The van der Waals surface area contributed by atoms with Crippen LogP contribution in [0.25, 0.3) is 22.3 Å². The second-order valence-electron chi connectivity index (χ2n) is 7.45. The molecule has 1 aliphatic heterocycles. The fraction of sp³-hybridized carbons (Fsp3) is 0.167. The molecule has 0 aliphatic carbocycles. The number of carbonyl (C=O) groups excluding carboxylic acids is 1. The molecule has 0 fully saturated rings. The molecule has 0 atom stereocenters. The van der Waals surface area contributed by atoms with E-state index in [1.807, 2.05) is 79.3 Å². The maximum Gasteiger partial charge on any atom is 0.252 e. The van der Waals surface area contributed by atoms with Gasteiger partial charge in [0.1, 0.15) is 0 Å². The Morgan fingerprint density at radius 1 is 1.10 bits per heavy atom. The van der Waals surface area contributed by atoms with Crippen molar-refractivity contribution in [3.63, 3.8) is 0 Å². The van der Waals surface area contributed by atoms with E-state index in [0.717, 1.165) is 39.2 Å². The monoisotopic (exact) mass is 399 g/mol. The van der Waals surface area contributed by atoms with E-state index in [9.17, 15) is 4.79 Å². The average molecular weight is 399 g/mol. The first-order valence-electron chi connectivity index (χ1n) is 9.78. The van der Waals surface area contributed by atoms with E-state index < -0.39 is 0 Å². The van der Waals surface area contributed by atoms with Gasteiger partial charge in [0.25, 0.3) is 5.91 Å². The van der Waals surface area contributed by atoms with Gasteiger partial charge in [0.05, 0.1) is 22.5 Å². The Bertz CT molecular complexity index is 1280. The molecule has 0 saturated carbocycles. The van der Waals surface area contributed by atoms with Crippen molar-refractivity contribution in [3.8, 4) is 22.9 Å². The molecule has 2 aromatic carbocycles. The normalized spacial score (nSPS) is 12.3. The number of nitrogens with one attached hydrogen (secondary N) is 1. The zero-order valence-electron chi connectivity index (χ0n) is 16.8. The molecule has 30 heavy (non-hydrogen) atoms. The summed E-state index contributed by atoms with van der Waals surface area (Å²) in [5, 5.41) is 3.88. The number of hydrogen-bond acceptors (Lipinski definition) is 4. The van der Waals surface area contributed by atoms with Gasteiger partial charge in [0.2, 0.25) is 6.79 Å². The van der Waals surface area contributed by atoms with Gasteiger partial charge in [-0.1, -0.05) is 17.7 Å². The molecule has 6 nitrogen and oxygen atoms in total. The Kier molecular flexibility index (Phi) is 4.39. The Labute approximate surface area is 174 Å². The summed E-state index contributed by atoms with van der Waals surface area (Å²) in [5.74, 6) is 1.30. The van der Waals surface area contributed by atoms with Crippen LogP contribution in [-0.2, 0) is 13.6 Å². The van der Waals surface area contributed by atoms with Crippen molar-refractivity contribution < 1.29 is 14.3 Å². The van der Waals surface area contributed by atoms with Crippen LogP contribution in [0.3, 0.4) is 0 Å². The number of aromatic nitrogens is 2. The molecule has 1 N–H and O–H groups in total. The third-order valence-corrected chi connectivity index (χ3v) is 5.31. The van der Waals surface area contributed by atoms with Crippen molar-refractivity contribution in [2.45, 2.75) is 13.5 Å². The smallest absolute Gasteiger partial charge is 0.252 e. The molecule has 3 heterocycles. The van der Waals surface area contributed by atoms with Crippen LogP contribution in [0.4, 0.5) is 0 Å². The molecule has 2 aromatic heterocycles. The lowest BCUT2D eigenvalue weighted by atomic mass is 10.0. The highest BCUT2D eigenvalue weighted by atomic mass is 16.7. The van der Waals surface area contributed by atoms with Crippen molar-refractivity contribution >= 4 is 16.8 Å². The lowest BCUT2D eigenvalue weighted by Gasteiger charge is -2.12. The van der Waals surface area contributed by atoms with Gasteiger partial charge in [-0.2, -0.15) is 0 Å². The van der Waals surface area contributed by atoms with Crippen molar-refractivity contribution in [1.29, 1.82) is 0 Å². The van der Waals surface area contributed by atoms with E-state index in [0.29, 0.717) is 17.9 Å². The maximum atomic E-state index is 13.2. The van der Waals surface area contributed by atoms with Crippen molar-refractivity contribution in [1.82, 2.24) is 14.9 Å². The van der Waals surface area contributed by atoms with E-state index in [-0.39, 0.29) is 12.7 Å². The zero-order chi connectivity index (χ0) is 20.7. The molecule has 0 radical (unpaired) electrons. The lowest BCUT2D eigenvalue weighted by Crippen LogP contribution is -2.23. The first-order valence-corrected chi connectivity index (χ1v) is 9.78. The van der Waals surface area contributed by atoms with Crippen LogP contribution >= 0.6 is 0 Å². The minimum absolute atomic E-state index is 0.138. The summed E-state index contributed by atoms with van der Waals surface area (Å²) in [6.07, 6.45) is 1.97. The van der Waals surface area contributed by atoms with Crippen LogP contribution < -0.4 is 14.8 Å². The minimum Gasteiger partial charge on any atom is -0.454 e. The number of ether oxygens (including phenoxy) is 2. The summed E-state index contributed by atoms with van der Waals surface area (Å²) in [4.78, 5) is 18.0. The molecule has 150 valence electrons. The van der Waals surface area contributed by atoms with Crippen molar-refractivity contribution in [2.75, 3.05) is 6.79 Å². The summed E-state index contributed by atoms with van der Waals surface area (Å²) >= 11 is 0. The molecule has 0 unspecified atom stereocenters. The van der Waals surface area contributed by atoms with Crippen LogP contribution in [0.1, 0.15) is 21.5 Å². The molecule has 5 rings (SSSR count). The van der Waals surface area contributed by atoms with Gasteiger partial charge in [-0.05, 0) is 55.0 Å². The SMILES string of the molecule is Cc1ccc2nc(-c3cccn3C)cc(C(=O)NCc3ccc4c(c3)OCO4)c2c1. The topological polar surface area (TPSA) is 65.4 Å². The van der Waals surface area contributed by atoms with Gasteiger partial charge in [-0.3, -0.25) is 4.79 Å². The van der Waals surface area contributed by atoms with Crippen LogP contribution in [0, 0.1) is 6.92 Å². The highest BCUT2D eigenvalue weighted by molar-refractivity contribution is 6.07. The number of carbonyl (C=O) groups is 1. The van der Waals surface area contributed by atoms with Crippen LogP contribution in [-0.4, -0.2) is 22.3 Å². The van der Waals surface area contributed by atoms with Gasteiger partial charge in [0.15, 0.2) is 11.5 Å². The number of fused-ring (bicyclic) bond motifs is 2. The van der Waals surface area contributed by atoms with Crippen LogP contribution in [0.2, 0.25) is 0 Å². The average Bonchev–Trinajstić information content (AvgIpc) is 3.39.